The first-order valence-electron chi connectivity index (χ1n) is 10.7. The fourth-order valence-corrected chi connectivity index (χ4v) is 3.53. The van der Waals surface area contributed by atoms with Gasteiger partial charge in [-0.3, -0.25) is 9.59 Å². The highest BCUT2D eigenvalue weighted by atomic mass is 16.7. The molecule has 0 bridgehead atoms. The van der Waals surface area contributed by atoms with Crippen molar-refractivity contribution in [3.63, 3.8) is 0 Å². The van der Waals surface area contributed by atoms with E-state index in [0.717, 1.165) is 0 Å². The molecule has 1 aliphatic heterocycles. The first kappa shape index (κ1) is 23.9. The van der Waals surface area contributed by atoms with Crippen molar-refractivity contribution in [2.45, 2.75) is 25.8 Å². The molecule has 2 aromatic rings. The Morgan fingerprint density at radius 2 is 1.52 bits per heavy atom. The molecule has 1 N–H and O–H groups in total. The molecule has 0 unspecified atom stereocenters. The quantitative estimate of drug-likeness (QED) is 0.504. The molecule has 3 rings (SSSR count). The zero-order valence-electron chi connectivity index (χ0n) is 19.0. The number of carbonyl (C=O) groups is 3. The molecule has 33 heavy (non-hydrogen) atoms. The van der Waals surface area contributed by atoms with Crippen molar-refractivity contribution in [2.75, 3.05) is 33.9 Å². The van der Waals surface area contributed by atoms with Gasteiger partial charge < -0.3 is 29.2 Å². The van der Waals surface area contributed by atoms with Crippen molar-refractivity contribution in [3.05, 3.63) is 53.6 Å². The molecule has 1 fully saturated rings. The van der Waals surface area contributed by atoms with Gasteiger partial charge in [0, 0.05) is 36.3 Å². The van der Waals surface area contributed by atoms with Gasteiger partial charge in [0.05, 0.1) is 20.8 Å². The summed E-state index contributed by atoms with van der Waals surface area (Å²) in [6.07, 6.45) is 0.494. The van der Waals surface area contributed by atoms with E-state index in [1.165, 1.54) is 26.4 Å². The van der Waals surface area contributed by atoms with E-state index in [2.05, 4.69) is 5.32 Å². The van der Waals surface area contributed by atoms with Gasteiger partial charge in [-0.25, -0.2) is 4.79 Å². The highest BCUT2D eigenvalue weighted by Gasteiger charge is 2.25. The van der Waals surface area contributed by atoms with Gasteiger partial charge in [-0.1, -0.05) is 0 Å². The molecule has 1 aliphatic rings. The molecular formula is C24H28N2O7. The Morgan fingerprint density at radius 3 is 2.06 bits per heavy atom. The number of ether oxygens (including phenoxy) is 4. The summed E-state index contributed by atoms with van der Waals surface area (Å²) in [5, 5.41) is 3.00. The van der Waals surface area contributed by atoms with E-state index < -0.39 is 6.16 Å². The fraction of sp³-hybridized carbons (Fsp3) is 0.375. The van der Waals surface area contributed by atoms with Crippen molar-refractivity contribution < 1.29 is 33.3 Å². The van der Waals surface area contributed by atoms with E-state index >= 15 is 0 Å². The summed E-state index contributed by atoms with van der Waals surface area (Å²) in [7, 11) is 3.08. The van der Waals surface area contributed by atoms with E-state index in [1.807, 2.05) is 0 Å². The van der Waals surface area contributed by atoms with E-state index in [4.69, 9.17) is 18.9 Å². The van der Waals surface area contributed by atoms with Crippen LogP contribution in [-0.2, 0) is 4.74 Å². The summed E-state index contributed by atoms with van der Waals surface area (Å²) in [5.41, 5.74) is 0.951. The van der Waals surface area contributed by atoms with Crippen molar-refractivity contribution in [3.8, 4) is 17.2 Å². The first-order valence-corrected chi connectivity index (χ1v) is 10.7. The van der Waals surface area contributed by atoms with Crippen LogP contribution < -0.4 is 19.5 Å². The minimum absolute atomic E-state index is 0.0446. The van der Waals surface area contributed by atoms with Crippen LogP contribution in [0.2, 0.25) is 0 Å². The third kappa shape index (κ3) is 6.38. The number of piperidine rings is 1. The Balaban J connectivity index is 1.52. The molecule has 2 amide bonds. The molecule has 0 atom stereocenters. The topological polar surface area (TPSA) is 103 Å². The number of nitrogens with one attached hydrogen (secondary N) is 1. The second-order valence-corrected chi connectivity index (χ2v) is 7.45. The van der Waals surface area contributed by atoms with Crippen molar-refractivity contribution >= 4 is 18.0 Å². The highest BCUT2D eigenvalue weighted by Crippen LogP contribution is 2.24. The summed E-state index contributed by atoms with van der Waals surface area (Å²) in [6, 6.07) is 11.3. The van der Waals surface area contributed by atoms with Gasteiger partial charge >= 0.3 is 6.16 Å². The van der Waals surface area contributed by atoms with Gasteiger partial charge in [-0.15, -0.1) is 0 Å². The molecule has 0 aromatic heterocycles. The Morgan fingerprint density at radius 1 is 0.909 bits per heavy atom. The van der Waals surface area contributed by atoms with Gasteiger partial charge in [0.15, 0.2) is 0 Å². The molecule has 0 radical (unpaired) electrons. The lowest BCUT2D eigenvalue weighted by Crippen LogP contribution is -2.46. The number of likely N-dealkylation sites (tertiary alicyclic amines) is 1. The predicted octanol–water partition coefficient (Wildman–Crippen LogP) is 3.27. The Labute approximate surface area is 192 Å². The number of nitrogens with zero attached hydrogens (tertiary/aromatic N) is 1. The normalized spacial score (nSPS) is 13.7. The highest BCUT2D eigenvalue weighted by molar-refractivity contribution is 5.96. The van der Waals surface area contributed by atoms with Crippen LogP contribution in [-0.4, -0.2) is 62.8 Å². The maximum Gasteiger partial charge on any atom is 0.513 e. The summed E-state index contributed by atoms with van der Waals surface area (Å²) >= 11 is 0. The molecule has 0 saturated carbocycles. The van der Waals surface area contributed by atoms with Crippen LogP contribution in [0.5, 0.6) is 17.2 Å². The standard InChI is InChI=1S/C24H28N2O7/c1-4-32-24(29)33-19-7-5-16(6-8-19)22(27)25-18-9-11-26(12-10-18)23(28)17-13-20(30-2)15-21(14-17)31-3/h5-8,13-15,18H,4,9-12H2,1-3H3,(H,25,27). The van der Waals surface area contributed by atoms with Crippen LogP contribution in [0.4, 0.5) is 4.79 Å². The lowest BCUT2D eigenvalue weighted by Gasteiger charge is -2.32. The van der Waals surface area contributed by atoms with E-state index in [9.17, 15) is 14.4 Å². The minimum Gasteiger partial charge on any atom is -0.497 e. The van der Waals surface area contributed by atoms with Gasteiger partial charge in [0.2, 0.25) is 0 Å². The molecule has 0 aliphatic carbocycles. The molecule has 1 heterocycles. The van der Waals surface area contributed by atoms with Gasteiger partial charge in [-0.05, 0) is 56.2 Å². The number of hydrogen-bond donors (Lipinski definition) is 1. The maximum absolute atomic E-state index is 12.9. The number of carbonyl (C=O) groups excluding carboxylic acids is 3. The predicted molar refractivity (Wildman–Crippen MR) is 120 cm³/mol. The average molecular weight is 456 g/mol. The summed E-state index contributed by atoms with van der Waals surface area (Å²) in [4.78, 5) is 38.6. The number of methoxy groups -OCH3 is 2. The molecule has 176 valence electrons. The Hall–Kier alpha value is -3.75. The zero-order valence-corrected chi connectivity index (χ0v) is 19.0. The summed E-state index contributed by atoms with van der Waals surface area (Å²) in [5.74, 6) is 1.08. The largest absolute Gasteiger partial charge is 0.513 e. The van der Waals surface area contributed by atoms with Crippen LogP contribution in [0.15, 0.2) is 42.5 Å². The lowest BCUT2D eigenvalue weighted by molar-refractivity contribution is 0.0697. The number of amides is 2. The van der Waals surface area contributed by atoms with E-state index in [-0.39, 0.29) is 24.5 Å². The van der Waals surface area contributed by atoms with E-state index in [0.29, 0.717) is 54.3 Å². The second kappa shape index (κ2) is 11.2. The Kier molecular flexibility index (Phi) is 8.12. The monoisotopic (exact) mass is 456 g/mol. The maximum atomic E-state index is 12.9. The molecule has 2 aromatic carbocycles. The van der Waals surface area contributed by atoms with Crippen LogP contribution in [0.1, 0.15) is 40.5 Å². The zero-order chi connectivity index (χ0) is 23.8. The summed E-state index contributed by atoms with van der Waals surface area (Å²) in [6.45, 7) is 2.95. The van der Waals surface area contributed by atoms with Gasteiger partial charge in [0.1, 0.15) is 17.2 Å². The van der Waals surface area contributed by atoms with Gasteiger partial charge in [0.25, 0.3) is 11.8 Å². The SMILES string of the molecule is CCOC(=O)Oc1ccc(C(=O)NC2CCN(C(=O)c3cc(OC)cc(OC)c3)CC2)cc1. The van der Waals surface area contributed by atoms with Crippen molar-refractivity contribution in [1.82, 2.24) is 10.2 Å². The average Bonchev–Trinajstić information content (AvgIpc) is 2.84. The third-order valence-corrected chi connectivity index (χ3v) is 5.30. The second-order valence-electron chi connectivity index (χ2n) is 7.45. The van der Waals surface area contributed by atoms with Gasteiger partial charge in [-0.2, -0.15) is 0 Å². The molecule has 9 heteroatoms. The van der Waals surface area contributed by atoms with Crippen molar-refractivity contribution in [2.24, 2.45) is 0 Å². The first-order chi connectivity index (χ1) is 15.9. The van der Waals surface area contributed by atoms with Crippen molar-refractivity contribution in [1.29, 1.82) is 0 Å². The smallest absolute Gasteiger partial charge is 0.497 e. The molecule has 0 spiro atoms. The Bertz CT molecular complexity index is 961. The van der Waals surface area contributed by atoms with Crippen LogP contribution in [0, 0.1) is 0 Å². The summed E-state index contributed by atoms with van der Waals surface area (Å²) < 4.78 is 20.2. The third-order valence-electron chi connectivity index (χ3n) is 5.30. The van der Waals surface area contributed by atoms with Crippen LogP contribution >= 0.6 is 0 Å². The van der Waals surface area contributed by atoms with Crippen LogP contribution in [0.25, 0.3) is 0 Å². The fourth-order valence-electron chi connectivity index (χ4n) is 3.53. The van der Waals surface area contributed by atoms with Crippen LogP contribution in [0.3, 0.4) is 0 Å². The molecule has 9 nitrogen and oxygen atoms in total. The molecule has 1 saturated heterocycles. The number of benzene rings is 2. The minimum atomic E-state index is -0.789. The number of rotatable bonds is 7. The van der Waals surface area contributed by atoms with E-state index in [1.54, 1.807) is 42.2 Å². The molecular weight excluding hydrogens is 428 g/mol. The lowest BCUT2D eigenvalue weighted by atomic mass is 10.0. The number of hydrogen-bond acceptors (Lipinski definition) is 7.